The molecule has 0 aromatic heterocycles. The molecular formula is C20H8Cl4Na2O4. The van der Waals surface area contributed by atoms with E-state index in [1.165, 1.54) is 48.5 Å². The minimum atomic E-state index is -1.55. The first-order valence-corrected chi connectivity index (χ1v) is 9.43. The first-order chi connectivity index (χ1) is 13.3. The fourth-order valence-electron chi connectivity index (χ4n) is 3.35. The Hall–Kier alpha value is -0.110. The van der Waals surface area contributed by atoms with Crippen molar-refractivity contribution in [2.24, 2.45) is 0 Å². The van der Waals surface area contributed by atoms with Gasteiger partial charge in [0.2, 0.25) is 0 Å². The van der Waals surface area contributed by atoms with E-state index >= 15 is 0 Å². The summed E-state index contributed by atoms with van der Waals surface area (Å²) in [5, 5.41) is 23.0. The Morgan fingerprint density at radius 1 is 0.667 bits per heavy atom. The van der Waals surface area contributed by atoms with Crippen molar-refractivity contribution in [3.8, 4) is 11.5 Å². The molecule has 0 fully saturated rings. The summed E-state index contributed by atoms with van der Waals surface area (Å²) in [5.74, 6) is -1.20. The molecule has 0 bridgehead atoms. The molecule has 0 unspecified atom stereocenters. The van der Waals surface area contributed by atoms with Crippen LogP contribution in [-0.4, -0.2) is 5.97 Å². The van der Waals surface area contributed by atoms with Gasteiger partial charge in [-0.05, 0) is 0 Å². The number of carbonyl (C=O) groups is 1. The zero-order valence-electron chi connectivity index (χ0n) is 15.8. The smallest absolute Gasteiger partial charge is 0.872 e. The zero-order chi connectivity index (χ0) is 20.2. The summed E-state index contributed by atoms with van der Waals surface area (Å²) in [4.78, 5) is 12.8. The summed E-state index contributed by atoms with van der Waals surface area (Å²) in [6.07, 6.45) is 0. The second kappa shape index (κ2) is 9.80. The van der Waals surface area contributed by atoms with Crippen LogP contribution in [0.2, 0.25) is 20.1 Å². The van der Waals surface area contributed by atoms with E-state index < -0.39 is 11.6 Å². The fourth-order valence-corrected chi connectivity index (χ4v) is 4.41. The van der Waals surface area contributed by atoms with Crippen LogP contribution in [0.5, 0.6) is 11.5 Å². The van der Waals surface area contributed by atoms with Crippen molar-refractivity contribution < 1.29 is 78.9 Å². The fraction of sp³-hybridized carbons (Fsp3) is 0.0500. The van der Waals surface area contributed by atoms with E-state index in [1.807, 2.05) is 0 Å². The van der Waals surface area contributed by atoms with E-state index in [-0.39, 0.29) is 102 Å². The molecule has 0 amide bonds. The van der Waals surface area contributed by atoms with Crippen LogP contribution in [0.1, 0.15) is 27.0 Å². The van der Waals surface area contributed by atoms with Crippen molar-refractivity contribution in [2.75, 3.05) is 0 Å². The Morgan fingerprint density at radius 3 is 1.50 bits per heavy atom. The second-order valence-corrected chi connectivity index (χ2v) is 7.64. The Balaban J connectivity index is 0.00000160. The van der Waals surface area contributed by atoms with E-state index in [0.717, 1.165) is 0 Å². The number of hydrogen-bond donors (Lipinski definition) is 0. The molecule has 0 saturated carbocycles. The van der Waals surface area contributed by atoms with Crippen molar-refractivity contribution in [3.05, 3.63) is 90.9 Å². The number of hydrogen-bond acceptors (Lipinski definition) is 4. The number of carbonyl (C=O) groups excluding carboxylic acids is 1. The number of fused-ring (bicyclic) bond motifs is 1. The molecule has 142 valence electrons. The molecule has 0 spiro atoms. The number of ether oxygens (including phenoxy) is 1. The molecule has 0 radical (unpaired) electrons. The van der Waals surface area contributed by atoms with Gasteiger partial charge in [0.25, 0.3) is 0 Å². The number of halogens is 4. The van der Waals surface area contributed by atoms with Crippen LogP contribution in [0.15, 0.2) is 48.5 Å². The van der Waals surface area contributed by atoms with Crippen LogP contribution in [0.4, 0.5) is 0 Å². The molecule has 0 atom stereocenters. The minimum absolute atomic E-state index is 0. The molecule has 3 aromatic rings. The summed E-state index contributed by atoms with van der Waals surface area (Å²) in [6, 6.07) is 11.4. The normalized spacial score (nSPS) is 13.7. The van der Waals surface area contributed by atoms with Crippen LogP contribution in [0.25, 0.3) is 0 Å². The van der Waals surface area contributed by atoms with Gasteiger partial charge in [-0.3, -0.25) is 0 Å². The summed E-state index contributed by atoms with van der Waals surface area (Å²) >= 11 is 25.2. The number of rotatable bonds is 2. The predicted molar refractivity (Wildman–Crippen MR) is 104 cm³/mol. The van der Waals surface area contributed by atoms with E-state index in [9.17, 15) is 15.0 Å². The van der Waals surface area contributed by atoms with Gasteiger partial charge in [-0.1, -0.05) is 94.9 Å². The largest absolute Gasteiger partial charge is 1.00 e. The van der Waals surface area contributed by atoms with E-state index in [0.29, 0.717) is 11.1 Å². The molecule has 0 saturated heterocycles. The zero-order valence-corrected chi connectivity index (χ0v) is 22.8. The minimum Gasteiger partial charge on any atom is -0.872 e. The third-order valence-electron chi connectivity index (χ3n) is 4.59. The third kappa shape index (κ3) is 4.01. The summed E-state index contributed by atoms with van der Waals surface area (Å²) in [5.41, 5.74) is -0.485. The Bertz CT molecular complexity index is 1070. The quantitative estimate of drug-likeness (QED) is 0.195. The molecular weight excluding hydrogens is 492 g/mol. The number of benzene rings is 3. The molecule has 1 heterocycles. The van der Waals surface area contributed by atoms with Gasteiger partial charge in [-0.2, -0.15) is 0 Å². The van der Waals surface area contributed by atoms with Crippen LogP contribution in [0.3, 0.4) is 0 Å². The first kappa shape index (κ1) is 26.1. The van der Waals surface area contributed by atoms with Crippen molar-refractivity contribution in [2.45, 2.75) is 5.60 Å². The molecule has 30 heavy (non-hydrogen) atoms. The molecule has 1 aliphatic heterocycles. The van der Waals surface area contributed by atoms with Crippen LogP contribution >= 0.6 is 46.4 Å². The van der Waals surface area contributed by atoms with Crippen molar-refractivity contribution in [3.63, 3.8) is 0 Å². The first-order valence-electron chi connectivity index (χ1n) is 7.92. The maximum absolute atomic E-state index is 12.8. The van der Waals surface area contributed by atoms with Crippen molar-refractivity contribution in [1.82, 2.24) is 0 Å². The SMILES string of the molecule is O=C1OC(c2ccc([O-])cc2)(c2ccc([O-])cc2)c2c(Cl)c(Cl)c(Cl)c(Cl)c21.[Na+].[Na+]. The molecule has 4 rings (SSSR count). The van der Waals surface area contributed by atoms with Crippen molar-refractivity contribution in [1.29, 1.82) is 0 Å². The van der Waals surface area contributed by atoms with Gasteiger partial charge >= 0.3 is 65.1 Å². The van der Waals surface area contributed by atoms with Gasteiger partial charge in [0.15, 0.2) is 5.60 Å². The number of cyclic esters (lactones) is 1. The standard InChI is InChI=1S/C20H10Cl4O4.2Na/c21-15-13-14(16(22)18(24)17(15)23)20(28-19(13)27,9-1-5-11(25)6-2-9)10-3-7-12(26)8-4-10;;/h1-8,25-26H;;/q;2*+1/p-2. The molecule has 0 N–H and O–H groups in total. The van der Waals surface area contributed by atoms with Gasteiger partial charge in [0, 0.05) is 16.7 Å². The molecule has 4 nitrogen and oxygen atoms in total. The third-order valence-corrected chi connectivity index (χ3v) is 6.39. The van der Waals surface area contributed by atoms with Gasteiger partial charge in [0.1, 0.15) is 0 Å². The summed E-state index contributed by atoms with van der Waals surface area (Å²) in [7, 11) is 0. The Morgan fingerprint density at radius 2 is 1.07 bits per heavy atom. The van der Waals surface area contributed by atoms with E-state index in [4.69, 9.17) is 51.1 Å². The second-order valence-electron chi connectivity index (χ2n) is 6.13. The maximum atomic E-state index is 12.8. The van der Waals surface area contributed by atoms with Crippen LogP contribution in [0, 0.1) is 0 Å². The molecule has 10 heteroatoms. The molecule has 3 aromatic carbocycles. The molecule has 0 aliphatic carbocycles. The van der Waals surface area contributed by atoms with E-state index in [2.05, 4.69) is 0 Å². The predicted octanol–water partition coefficient (Wildman–Crippen LogP) is -1.08. The average molecular weight is 500 g/mol. The van der Waals surface area contributed by atoms with Gasteiger partial charge in [-0.25, -0.2) is 4.79 Å². The van der Waals surface area contributed by atoms with Gasteiger partial charge in [-0.15, -0.1) is 11.5 Å². The maximum Gasteiger partial charge on any atom is 1.00 e. The average Bonchev–Trinajstić information content (AvgIpc) is 3.00. The van der Waals surface area contributed by atoms with Gasteiger partial charge in [0.05, 0.1) is 25.7 Å². The van der Waals surface area contributed by atoms with Crippen molar-refractivity contribution >= 4 is 52.4 Å². The van der Waals surface area contributed by atoms with Crippen LogP contribution in [-0.2, 0) is 10.3 Å². The Labute approximate surface area is 236 Å². The molecule has 1 aliphatic rings. The Kier molecular flexibility index (Phi) is 8.54. The topological polar surface area (TPSA) is 72.4 Å². The van der Waals surface area contributed by atoms with Gasteiger partial charge < -0.3 is 14.9 Å². The number of esters is 1. The monoisotopic (exact) mass is 498 g/mol. The summed E-state index contributed by atoms with van der Waals surface area (Å²) in [6.45, 7) is 0. The van der Waals surface area contributed by atoms with E-state index in [1.54, 1.807) is 0 Å². The summed E-state index contributed by atoms with van der Waals surface area (Å²) < 4.78 is 5.81. The van der Waals surface area contributed by atoms with Crippen LogP contribution < -0.4 is 69.3 Å².